The molecule has 1 saturated heterocycles. The summed E-state index contributed by atoms with van der Waals surface area (Å²) in [4.78, 5) is 0. The van der Waals surface area contributed by atoms with Crippen LogP contribution in [-0.4, -0.2) is 62.4 Å². The molecule has 3 rings (SSSR count). The maximum atomic E-state index is 10.3. The van der Waals surface area contributed by atoms with Gasteiger partial charge in [-0.1, -0.05) is 24.3 Å². The number of hydrogen-bond acceptors (Lipinski definition) is 8. The van der Waals surface area contributed by atoms with Crippen molar-refractivity contribution in [3.63, 3.8) is 0 Å². The molecule has 0 spiro atoms. The van der Waals surface area contributed by atoms with Gasteiger partial charge >= 0.3 is 0 Å². The maximum Gasteiger partial charge on any atom is 0.181 e. The van der Waals surface area contributed by atoms with Crippen LogP contribution in [-0.2, 0) is 32.2 Å². The van der Waals surface area contributed by atoms with Crippen molar-refractivity contribution in [2.45, 2.75) is 63.7 Å². The average molecular weight is 477 g/mol. The first-order chi connectivity index (χ1) is 16.6. The van der Waals surface area contributed by atoms with E-state index in [9.17, 15) is 10.2 Å². The highest BCUT2D eigenvalue weighted by atomic mass is 16.7. The third-order valence-electron chi connectivity index (χ3n) is 5.67. The van der Waals surface area contributed by atoms with Crippen molar-refractivity contribution >= 4 is 0 Å². The van der Waals surface area contributed by atoms with Crippen molar-refractivity contribution in [3.8, 4) is 11.5 Å². The van der Waals surface area contributed by atoms with Gasteiger partial charge in [-0.2, -0.15) is 0 Å². The minimum Gasteiger partial charge on any atom is -0.497 e. The van der Waals surface area contributed by atoms with Crippen molar-refractivity contribution in [3.05, 3.63) is 59.7 Å². The second-order valence-electron chi connectivity index (χ2n) is 8.22. The SMILES string of the molecule is COc1ccc(COCCC[C@@H]2OC(O)[C@H](CCCOCc3ccc(OC)cc3)OC2O)cc1. The van der Waals surface area contributed by atoms with Crippen LogP contribution >= 0.6 is 0 Å². The van der Waals surface area contributed by atoms with Crippen molar-refractivity contribution in [2.75, 3.05) is 27.4 Å². The molecule has 0 saturated carbocycles. The standard InChI is InChI=1S/C26H36O8/c1-29-21-11-7-19(8-12-21)17-31-15-3-5-23-25(27)34-24(26(28)33-23)6-4-16-32-18-20-9-13-22(30-2)14-10-20/h7-14,23-28H,3-6,15-18H2,1-2H3/t23-,24-,25?,26?/m0/s1. The van der Waals surface area contributed by atoms with E-state index in [1.54, 1.807) is 14.2 Å². The van der Waals surface area contributed by atoms with E-state index < -0.39 is 24.8 Å². The normalized spacial score (nSPS) is 22.5. The highest BCUT2D eigenvalue weighted by molar-refractivity contribution is 5.27. The summed E-state index contributed by atoms with van der Waals surface area (Å²) < 4.78 is 32.9. The van der Waals surface area contributed by atoms with Crippen LogP contribution in [0.4, 0.5) is 0 Å². The van der Waals surface area contributed by atoms with Crippen LogP contribution < -0.4 is 9.47 Å². The van der Waals surface area contributed by atoms with Gasteiger partial charge in [0.25, 0.3) is 0 Å². The monoisotopic (exact) mass is 476 g/mol. The average Bonchev–Trinajstić information content (AvgIpc) is 2.86. The molecule has 8 nitrogen and oxygen atoms in total. The fourth-order valence-electron chi connectivity index (χ4n) is 3.69. The summed E-state index contributed by atoms with van der Waals surface area (Å²) in [6.45, 7) is 2.03. The van der Waals surface area contributed by atoms with E-state index in [4.69, 9.17) is 28.4 Å². The number of benzene rings is 2. The summed E-state index contributed by atoms with van der Waals surface area (Å²) in [6.07, 6.45) is -0.901. The zero-order valence-electron chi connectivity index (χ0n) is 19.9. The summed E-state index contributed by atoms with van der Waals surface area (Å²) in [5.41, 5.74) is 2.12. The first-order valence-corrected chi connectivity index (χ1v) is 11.7. The van der Waals surface area contributed by atoms with E-state index in [0.29, 0.717) is 52.1 Å². The molecule has 2 N–H and O–H groups in total. The Labute approximate surface area is 201 Å². The molecule has 2 unspecified atom stereocenters. The lowest BCUT2D eigenvalue weighted by atomic mass is 10.1. The van der Waals surface area contributed by atoms with Gasteiger partial charge in [0.05, 0.1) is 27.4 Å². The molecule has 34 heavy (non-hydrogen) atoms. The molecule has 2 aromatic rings. The molecule has 4 atom stereocenters. The quantitative estimate of drug-likeness (QED) is 0.401. The first kappa shape index (κ1) is 26.4. The lowest BCUT2D eigenvalue weighted by Crippen LogP contribution is -2.49. The number of hydrogen-bond donors (Lipinski definition) is 2. The van der Waals surface area contributed by atoms with Gasteiger partial charge in [0.2, 0.25) is 0 Å². The predicted octanol–water partition coefficient (Wildman–Crippen LogP) is 3.42. The minimum absolute atomic E-state index is 0.500. The fraction of sp³-hybridized carbons (Fsp3) is 0.538. The van der Waals surface area contributed by atoms with Crippen LogP contribution in [0.3, 0.4) is 0 Å². The molecular formula is C26H36O8. The smallest absolute Gasteiger partial charge is 0.181 e. The van der Waals surface area contributed by atoms with Crippen LogP contribution in [0.25, 0.3) is 0 Å². The molecule has 0 bridgehead atoms. The second-order valence-corrected chi connectivity index (χ2v) is 8.22. The van der Waals surface area contributed by atoms with Gasteiger partial charge in [0.15, 0.2) is 12.6 Å². The Balaban J connectivity index is 1.26. The molecule has 0 amide bonds. The van der Waals surface area contributed by atoms with Crippen molar-refractivity contribution in [2.24, 2.45) is 0 Å². The lowest BCUT2D eigenvalue weighted by Gasteiger charge is -2.37. The molecule has 0 radical (unpaired) electrons. The summed E-state index contributed by atoms with van der Waals surface area (Å²) >= 11 is 0. The van der Waals surface area contributed by atoms with Gasteiger partial charge in [0.1, 0.15) is 23.7 Å². The summed E-state index contributed by atoms with van der Waals surface area (Å²) in [5, 5.41) is 20.6. The van der Waals surface area contributed by atoms with Crippen molar-refractivity contribution in [1.82, 2.24) is 0 Å². The van der Waals surface area contributed by atoms with Crippen LogP contribution in [0.1, 0.15) is 36.8 Å². The van der Waals surface area contributed by atoms with Crippen molar-refractivity contribution in [1.29, 1.82) is 0 Å². The molecule has 2 aromatic carbocycles. The highest BCUT2D eigenvalue weighted by Gasteiger charge is 2.36. The van der Waals surface area contributed by atoms with Gasteiger partial charge < -0.3 is 38.6 Å². The third kappa shape index (κ3) is 8.54. The number of methoxy groups -OCH3 is 2. The van der Waals surface area contributed by atoms with Crippen LogP contribution in [0.2, 0.25) is 0 Å². The van der Waals surface area contributed by atoms with Crippen LogP contribution in [0, 0.1) is 0 Å². The van der Waals surface area contributed by atoms with Gasteiger partial charge in [0, 0.05) is 13.2 Å². The van der Waals surface area contributed by atoms with E-state index in [1.807, 2.05) is 48.5 Å². The largest absolute Gasteiger partial charge is 0.497 e. The summed E-state index contributed by atoms with van der Waals surface area (Å²) in [7, 11) is 3.27. The number of aliphatic hydroxyl groups excluding tert-OH is 2. The number of aliphatic hydroxyl groups is 2. The van der Waals surface area contributed by atoms with Gasteiger partial charge in [-0.3, -0.25) is 0 Å². The maximum absolute atomic E-state index is 10.3. The van der Waals surface area contributed by atoms with Gasteiger partial charge in [-0.25, -0.2) is 0 Å². The molecule has 1 heterocycles. The molecular weight excluding hydrogens is 440 g/mol. The molecule has 1 aliphatic heterocycles. The lowest BCUT2D eigenvalue weighted by molar-refractivity contribution is -0.332. The Morgan fingerprint density at radius 2 is 1.03 bits per heavy atom. The topological polar surface area (TPSA) is 95.8 Å². The first-order valence-electron chi connectivity index (χ1n) is 11.7. The Hall–Kier alpha value is -2.20. The fourth-order valence-corrected chi connectivity index (χ4v) is 3.69. The molecule has 8 heteroatoms. The third-order valence-corrected chi connectivity index (χ3v) is 5.67. The van der Waals surface area contributed by atoms with Crippen molar-refractivity contribution < 1.29 is 38.6 Å². The Bertz CT molecular complexity index is 741. The van der Waals surface area contributed by atoms with E-state index in [2.05, 4.69) is 0 Å². The highest BCUT2D eigenvalue weighted by Crippen LogP contribution is 2.24. The molecule has 1 aliphatic rings. The van der Waals surface area contributed by atoms with E-state index in [-0.39, 0.29) is 0 Å². The predicted molar refractivity (Wildman–Crippen MR) is 126 cm³/mol. The van der Waals surface area contributed by atoms with Gasteiger partial charge in [-0.05, 0) is 61.1 Å². The Morgan fingerprint density at radius 1 is 0.647 bits per heavy atom. The second kappa shape index (κ2) is 14.3. The summed E-state index contributed by atoms with van der Waals surface area (Å²) in [6, 6.07) is 15.4. The molecule has 188 valence electrons. The van der Waals surface area contributed by atoms with Crippen LogP contribution in [0.15, 0.2) is 48.5 Å². The van der Waals surface area contributed by atoms with E-state index in [0.717, 1.165) is 22.6 Å². The molecule has 1 fully saturated rings. The van der Waals surface area contributed by atoms with E-state index >= 15 is 0 Å². The molecule has 0 aromatic heterocycles. The number of rotatable bonds is 14. The summed E-state index contributed by atoms with van der Waals surface area (Å²) in [5.74, 6) is 1.62. The Morgan fingerprint density at radius 3 is 1.38 bits per heavy atom. The number of ether oxygens (including phenoxy) is 6. The zero-order valence-corrected chi connectivity index (χ0v) is 19.9. The van der Waals surface area contributed by atoms with Crippen LogP contribution in [0.5, 0.6) is 11.5 Å². The zero-order chi connectivity index (χ0) is 24.2. The van der Waals surface area contributed by atoms with Gasteiger partial charge in [-0.15, -0.1) is 0 Å². The molecule has 0 aliphatic carbocycles. The Kier molecular flexibility index (Phi) is 11.1. The minimum atomic E-state index is -1.07. The van der Waals surface area contributed by atoms with E-state index in [1.165, 1.54) is 0 Å².